The number of amides is 1. The molecule has 0 atom stereocenters. The molecule has 1 aromatic heterocycles. The highest BCUT2D eigenvalue weighted by Gasteiger charge is 2.42. The van der Waals surface area contributed by atoms with E-state index in [1.54, 1.807) is 6.20 Å². The zero-order valence-electron chi connectivity index (χ0n) is 10.3. The number of nitrogens with zero attached hydrogens (tertiary/aromatic N) is 2. The normalized spacial score (nSPS) is 17.2. The van der Waals surface area contributed by atoms with E-state index in [1.807, 2.05) is 10.9 Å². The average Bonchev–Trinajstić information content (AvgIpc) is 2.87. The van der Waals surface area contributed by atoms with Gasteiger partial charge in [-0.25, -0.2) is 0 Å². The molecule has 0 spiro atoms. The fourth-order valence-corrected chi connectivity index (χ4v) is 2.23. The molecule has 0 unspecified atom stereocenters. The van der Waals surface area contributed by atoms with E-state index in [0.717, 1.165) is 24.3 Å². The van der Waals surface area contributed by atoms with E-state index in [2.05, 4.69) is 36.9 Å². The fourth-order valence-electron chi connectivity index (χ4n) is 1.80. The first-order valence-electron chi connectivity index (χ1n) is 5.99. The van der Waals surface area contributed by atoms with Gasteiger partial charge >= 0.3 is 0 Å². The molecule has 94 valence electrons. The average molecular weight is 253 g/mol. The van der Waals surface area contributed by atoms with Gasteiger partial charge in [-0.3, -0.25) is 9.48 Å². The van der Waals surface area contributed by atoms with Gasteiger partial charge < -0.3 is 5.32 Å². The smallest absolute Gasteiger partial charge is 0.225 e. The van der Waals surface area contributed by atoms with Gasteiger partial charge in [0.2, 0.25) is 5.91 Å². The van der Waals surface area contributed by atoms with Gasteiger partial charge in [-0.1, -0.05) is 0 Å². The van der Waals surface area contributed by atoms with E-state index >= 15 is 0 Å². The number of carbonyl (C=O) groups excluding carboxylic acids is 1. The summed E-state index contributed by atoms with van der Waals surface area (Å²) in [4.78, 5) is 11.8. The zero-order chi connectivity index (χ0) is 12.5. The lowest BCUT2D eigenvalue weighted by Crippen LogP contribution is -2.18. The molecule has 1 aromatic rings. The Bertz CT molecular complexity index is 410. The maximum Gasteiger partial charge on any atom is 0.225 e. The summed E-state index contributed by atoms with van der Waals surface area (Å²) < 4.78 is 1.83. The summed E-state index contributed by atoms with van der Waals surface area (Å²) in [6.45, 7) is 4.11. The minimum atomic E-state index is 0.0693. The number of anilines is 1. The molecule has 1 amide bonds. The molecule has 0 radical (unpaired) electrons. The lowest BCUT2D eigenvalue weighted by atomic mass is 10.1. The van der Waals surface area contributed by atoms with E-state index in [4.69, 9.17) is 0 Å². The summed E-state index contributed by atoms with van der Waals surface area (Å²) in [7, 11) is 0. The molecule has 0 aliphatic heterocycles. The first kappa shape index (κ1) is 12.5. The predicted molar refractivity (Wildman–Crippen MR) is 71.4 cm³/mol. The Morgan fingerprint density at radius 2 is 2.35 bits per heavy atom. The number of aromatic nitrogens is 2. The standard InChI is InChI=1S/C12H19N3OS/c1-9(2)15-7-10(6-13-15)14-11(16)5-12(8-17)3-4-12/h6-7,9,17H,3-5,8H2,1-2H3,(H,14,16). The largest absolute Gasteiger partial charge is 0.323 e. The SMILES string of the molecule is CC(C)n1cc(NC(=O)CC2(CS)CC2)cn1. The molecule has 4 nitrogen and oxygen atoms in total. The number of thiol groups is 1. The van der Waals surface area contributed by atoms with Crippen LogP contribution < -0.4 is 5.32 Å². The van der Waals surface area contributed by atoms with Crippen LogP contribution in [0, 0.1) is 5.41 Å². The van der Waals surface area contributed by atoms with Gasteiger partial charge in [0.25, 0.3) is 0 Å². The summed E-state index contributed by atoms with van der Waals surface area (Å²) in [6.07, 6.45) is 6.37. The maximum absolute atomic E-state index is 11.8. The molecule has 17 heavy (non-hydrogen) atoms. The Hall–Kier alpha value is -0.970. The van der Waals surface area contributed by atoms with Gasteiger partial charge in [0.05, 0.1) is 11.9 Å². The minimum Gasteiger partial charge on any atom is -0.323 e. The number of nitrogens with one attached hydrogen (secondary N) is 1. The van der Waals surface area contributed by atoms with Crippen molar-refractivity contribution >= 4 is 24.2 Å². The first-order valence-corrected chi connectivity index (χ1v) is 6.63. The molecular formula is C12H19N3OS. The molecule has 1 fully saturated rings. The molecule has 5 heteroatoms. The third-order valence-electron chi connectivity index (χ3n) is 3.24. The van der Waals surface area contributed by atoms with Crippen LogP contribution in [-0.2, 0) is 4.79 Å². The van der Waals surface area contributed by atoms with E-state index in [0.29, 0.717) is 12.5 Å². The Kier molecular flexibility index (Phi) is 3.47. The van der Waals surface area contributed by atoms with Gasteiger partial charge in [-0.05, 0) is 37.9 Å². The molecule has 0 saturated heterocycles. The molecular weight excluding hydrogens is 234 g/mol. The molecule has 2 rings (SSSR count). The summed E-state index contributed by atoms with van der Waals surface area (Å²) in [6, 6.07) is 0.313. The third kappa shape index (κ3) is 3.03. The van der Waals surface area contributed by atoms with Crippen molar-refractivity contribution in [2.24, 2.45) is 5.41 Å². The zero-order valence-corrected chi connectivity index (χ0v) is 11.2. The van der Waals surface area contributed by atoms with Gasteiger partial charge in [-0.2, -0.15) is 17.7 Å². The van der Waals surface area contributed by atoms with Crippen molar-refractivity contribution in [1.82, 2.24) is 9.78 Å². The monoisotopic (exact) mass is 253 g/mol. The van der Waals surface area contributed by atoms with E-state index < -0.39 is 0 Å². The molecule has 0 bridgehead atoms. The second-order valence-electron chi connectivity index (χ2n) is 5.19. The molecule has 1 aliphatic carbocycles. The van der Waals surface area contributed by atoms with Crippen LogP contribution in [0.15, 0.2) is 12.4 Å². The van der Waals surface area contributed by atoms with Crippen LogP contribution in [0.5, 0.6) is 0 Å². The second-order valence-corrected chi connectivity index (χ2v) is 5.50. The van der Waals surface area contributed by atoms with Crippen LogP contribution in [0.25, 0.3) is 0 Å². The van der Waals surface area contributed by atoms with Crippen molar-refractivity contribution in [2.45, 2.75) is 39.2 Å². The number of rotatable bonds is 5. The first-order chi connectivity index (χ1) is 8.04. The van der Waals surface area contributed by atoms with Crippen LogP contribution in [0.2, 0.25) is 0 Å². The molecule has 1 saturated carbocycles. The number of hydrogen-bond acceptors (Lipinski definition) is 3. The summed E-state index contributed by atoms with van der Waals surface area (Å²) in [5.74, 6) is 0.867. The topological polar surface area (TPSA) is 46.9 Å². The van der Waals surface area contributed by atoms with Gasteiger partial charge in [0.1, 0.15) is 0 Å². The van der Waals surface area contributed by atoms with Crippen molar-refractivity contribution in [3.8, 4) is 0 Å². The summed E-state index contributed by atoms with van der Waals surface area (Å²) in [5.41, 5.74) is 0.944. The lowest BCUT2D eigenvalue weighted by molar-refractivity contribution is -0.117. The van der Waals surface area contributed by atoms with E-state index in [1.165, 1.54) is 0 Å². The summed E-state index contributed by atoms with van der Waals surface area (Å²) in [5, 5.41) is 7.08. The number of hydrogen-bond donors (Lipinski definition) is 2. The van der Waals surface area contributed by atoms with E-state index in [9.17, 15) is 4.79 Å². The van der Waals surface area contributed by atoms with Crippen LogP contribution in [0.4, 0.5) is 5.69 Å². The Balaban J connectivity index is 1.89. The number of carbonyl (C=O) groups is 1. The Morgan fingerprint density at radius 1 is 1.65 bits per heavy atom. The fraction of sp³-hybridized carbons (Fsp3) is 0.667. The van der Waals surface area contributed by atoms with Gasteiger partial charge in [0.15, 0.2) is 0 Å². The third-order valence-corrected chi connectivity index (χ3v) is 3.91. The van der Waals surface area contributed by atoms with Crippen LogP contribution in [-0.4, -0.2) is 21.4 Å². The lowest BCUT2D eigenvalue weighted by Gasteiger charge is -2.10. The van der Waals surface area contributed by atoms with Crippen LogP contribution >= 0.6 is 12.6 Å². The highest BCUT2D eigenvalue weighted by Crippen LogP contribution is 2.49. The molecule has 1 heterocycles. The van der Waals surface area contributed by atoms with Gasteiger partial charge in [-0.15, -0.1) is 0 Å². The van der Waals surface area contributed by atoms with Crippen molar-refractivity contribution in [3.05, 3.63) is 12.4 Å². The van der Waals surface area contributed by atoms with Crippen molar-refractivity contribution in [1.29, 1.82) is 0 Å². The highest BCUT2D eigenvalue weighted by molar-refractivity contribution is 7.80. The van der Waals surface area contributed by atoms with Crippen LogP contribution in [0.3, 0.4) is 0 Å². The quantitative estimate of drug-likeness (QED) is 0.792. The highest BCUT2D eigenvalue weighted by atomic mass is 32.1. The summed E-state index contributed by atoms with van der Waals surface area (Å²) >= 11 is 4.30. The van der Waals surface area contributed by atoms with Crippen molar-refractivity contribution in [2.75, 3.05) is 11.1 Å². The van der Waals surface area contributed by atoms with Crippen molar-refractivity contribution in [3.63, 3.8) is 0 Å². The maximum atomic E-state index is 11.8. The van der Waals surface area contributed by atoms with Crippen LogP contribution in [0.1, 0.15) is 39.2 Å². The van der Waals surface area contributed by atoms with Crippen molar-refractivity contribution < 1.29 is 4.79 Å². The molecule has 1 N–H and O–H groups in total. The molecule has 0 aromatic carbocycles. The Labute approximate surface area is 107 Å². The predicted octanol–water partition coefficient (Wildman–Crippen LogP) is 2.50. The minimum absolute atomic E-state index is 0.0693. The second kappa shape index (κ2) is 4.72. The van der Waals surface area contributed by atoms with Gasteiger partial charge in [0, 0.05) is 18.7 Å². The Morgan fingerprint density at radius 3 is 2.82 bits per heavy atom. The molecule has 1 aliphatic rings. The van der Waals surface area contributed by atoms with E-state index in [-0.39, 0.29) is 11.3 Å².